The molecule has 39 heavy (non-hydrogen) atoms. The minimum Gasteiger partial charge on any atom is -0.497 e. The van der Waals surface area contributed by atoms with Gasteiger partial charge in [0, 0.05) is 41.0 Å². The molecule has 0 aliphatic carbocycles. The van der Waals surface area contributed by atoms with E-state index in [9.17, 15) is 9.59 Å². The van der Waals surface area contributed by atoms with E-state index in [4.69, 9.17) is 32.7 Å². The van der Waals surface area contributed by atoms with Gasteiger partial charge in [-0.3, -0.25) is 9.59 Å². The number of nitrogens with zero attached hydrogens (tertiary/aromatic N) is 1. The second kappa shape index (κ2) is 15.4. The van der Waals surface area contributed by atoms with Crippen LogP contribution < -0.4 is 14.8 Å². The highest BCUT2D eigenvalue weighted by atomic mass is 35.5. The molecule has 0 spiro atoms. The lowest BCUT2D eigenvalue weighted by Crippen LogP contribution is -2.52. The molecule has 2 amide bonds. The van der Waals surface area contributed by atoms with Crippen molar-refractivity contribution in [1.82, 2.24) is 10.2 Å². The maximum atomic E-state index is 13.7. The van der Waals surface area contributed by atoms with Crippen LogP contribution in [-0.2, 0) is 22.6 Å². The number of hydrogen-bond donors (Lipinski definition) is 1. The minimum atomic E-state index is -0.747. The molecule has 0 bridgehead atoms. The van der Waals surface area contributed by atoms with Gasteiger partial charge in [-0.2, -0.15) is 0 Å². The number of carbonyl (C=O) groups excluding carboxylic acids is 2. The zero-order chi connectivity index (χ0) is 28.2. The summed E-state index contributed by atoms with van der Waals surface area (Å²) in [6.45, 7) is 4.42. The SMILES string of the molecule is CC[C@@H](C)NC(=O)[C@@H](Cc1ccccc1)N(Cc1c(Cl)cccc1Cl)C(=O)CCCOc1ccc(OC)cc1. The van der Waals surface area contributed by atoms with Crippen LogP contribution in [0.25, 0.3) is 0 Å². The first-order chi connectivity index (χ1) is 18.8. The molecule has 0 fully saturated rings. The Hall–Kier alpha value is -3.22. The van der Waals surface area contributed by atoms with E-state index in [1.165, 1.54) is 0 Å². The van der Waals surface area contributed by atoms with Crippen LogP contribution in [0.4, 0.5) is 0 Å². The summed E-state index contributed by atoms with van der Waals surface area (Å²) in [5, 5.41) is 3.96. The minimum absolute atomic E-state index is 0.0328. The third-order valence-electron chi connectivity index (χ3n) is 6.53. The summed E-state index contributed by atoms with van der Waals surface area (Å²) in [4.78, 5) is 28.9. The second-order valence-electron chi connectivity index (χ2n) is 9.37. The van der Waals surface area contributed by atoms with E-state index >= 15 is 0 Å². The van der Waals surface area contributed by atoms with E-state index in [0.29, 0.717) is 40.8 Å². The number of halogens is 2. The molecule has 3 aromatic carbocycles. The van der Waals surface area contributed by atoms with Crippen LogP contribution in [0, 0.1) is 0 Å². The van der Waals surface area contributed by atoms with Gasteiger partial charge in [-0.1, -0.05) is 66.5 Å². The zero-order valence-electron chi connectivity index (χ0n) is 22.7. The third kappa shape index (κ3) is 9.19. The molecule has 8 heteroatoms. The summed E-state index contributed by atoms with van der Waals surface area (Å²) < 4.78 is 11.0. The molecule has 0 aromatic heterocycles. The number of hydrogen-bond acceptors (Lipinski definition) is 4. The van der Waals surface area contributed by atoms with E-state index in [1.54, 1.807) is 30.2 Å². The van der Waals surface area contributed by atoms with Crippen molar-refractivity contribution in [2.75, 3.05) is 13.7 Å². The van der Waals surface area contributed by atoms with Crippen molar-refractivity contribution in [1.29, 1.82) is 0 Å². The topological polar surface area (TPSA) is 67.9 Å². The predicted molar refractivity (Wildman–Crippen MR) is 157 cm³/mol. The summed E-state index contributed by atoms with van der Waals surface area (Å²) in [6.07, 6.45) is 1.80. The number of amides is 2. The number of benzene rings is 3. The highest BCUT2D eigenvalue weighted by Crippen LogP contribution is 2.28. The number of nitrogens with one attached hydrogen (secondary N) is 1. The van der Waals surface area contributed by atoms with Gasteiger partial charge in [0.1, 0.15) is 17.5 Å². The van der Waals surface area contributed by atoms with Crippen LogP contribution in [0.15, 0.2) is 72.8 Å². The van der Waals surface area contributed by atoms with Gasteiger partial charge in [0.25, 0.3) is 0 Å². The Kier molecular flexibility index (Phi) is 12.0. The van der Waals surface area contributed by atoms with Crippen molar-refractivity contribution in [2.24, 2.45) is 0 Å². The van der Waals surface area contributed by atoms with E-state index < -0.39 is 6.04 Å². The van der Waals surface area contributed by atoms with Crippen LogP contribution in [0.5, 0.6) is 11.5 Å². The molecule has 0 heterocycles. The van der Waals surface area contributed by atoms with Gasteiger partial charge in [-0.15, -0.1) is 0 Å². The van der Waals surface area contributed by atoms with Gasteiger partial charge in [0.15, 0.2) is 0 Å². The molecule has 3 rings (SSSR count). The summed E-state index contributed by atoms with van der Waals surface area (Å²) in [6, 6.07) is 21.4. The lowest BCUT2D eigenvalue weighted by Gasteiger charge is -2.33. The normalized spacial score (nSPS) is 12.3. The first kappa shape index (κ1) is 30.3. The molecule has 6 nitrogen and oxygen atoms in total. The molecule has 3 aromatic rings. The fourth-order valence-electron chi connectivity index (χ4n) is 4.08. The highest BCUT2D eigenvalue weighted by Gasteiger charge is 2.31. The maximum Gasteiger partial charge on any atom is 0.243 e. The highest BCUT2D eigenvalue weighted by molar-refractivity contribution is 6.36. The predicted octanol–water partition coefficient (Wildman–Crippen LogP) is 6.72. The lowest BCUT2D eigenvalue weighted by molar-refractivity contribution is -0.141. The number of methoxy groups -OCH3 is 1. The van der Waals surface area contributed by atoms with Crippen molar-refractivity contribution in [3.63, 3.8) is 0 Å². The van der Waals surface area contributed by atoms with Crippen molar-refractivity contribution in [3.8, 4) is 11.5 Å². The molecule has 0 unspecified atom stereocenters. The zero-order valence-corrected chi connectivity index (χ0v) is 24.2. The summed E-state index contributed by atoms with van der Waals surface area (Å²) >= 11 is 13.0. The Morgan fingerprint density at radius 2 is 1.56 bits per heavy atom. The third-order valence-corrected chi connectivity index (χ3v) is 7.23. The molecule has 0 aliphatic heterocycles. The van der Waals surface area contributed by atoms with Crippen LogP contribution in [-0.4, -0.2) is 42.5 Å². The summed E-state index contributed by atoms with van der Waals surface area (Å²) in [5.74, 6) is 1.05. The molecule has 0 saturated heterocycles. The van der Waals surface area contributed by atoms with Gasteiger partial charge in [0.05, 0.1) is 13.7 Å². The average Bonchev–Trinajstić information content (AvgIpc) is 2.95. The Bertz CT molecular complexity index is 1180. The standard InChI is InChI=1S/C31H36Cl2N2O4/c1-4-22(2)34-31(37)29(20-23-10-6-5-7-11-23)35(21-26-27(32)12-8-13-28(26)33)30(36)14-9-19-39-25-17-15-24(38-3)16-18-25/h5-8,10-13,15-18,22,29H,4,9,14,19-21H2,1-3H3,(H,34,37)/t22-,29-/m1/s1. The molecule has 2 atom stereocenters. The fraction of sp³-hybridized carbons (Fsp3) is 0.355. The van der Waals surface area contributed by atoms with Gasteiger partial charge >= 0.3 is 0 Å². The largest absolute Gasteiger partial charge is 0.497 e. The van der Waals surface area contributed by atoms with Crippen molar-refractivity contribution >= 4 is 35.0 Å². The van der Waals surface area contributed by atoms with E-state index in [2.05, 4.69) is 5.32 Å². The Balaban J connectivity index is 1.82. The molecule has 0 aliphatic rings. The van der Waals surface area contributed by atoms with Crippen molar-refractivity contribution in [3.05, 3.63) is 94.0 Å². The molecule has 0 saturated carbocycles. The van der Waals surface area contributed by atoms with Crippen molar-refractivity contribution in [2.45, 2.75) is 58.2 Å². The van der Waals surface area contributed by atoms with Gasteiger partial charge in [-0.25, -0.2) is 0 Å². The number of ether oxygens (including phenoxy) is 2. The van der Waals surface area contributed by atoms with Crippen LogP contribution >= 0.6 is 23.2 Å². The summed E-state index contributed by atoms with van der Waals surface area (Å²) in [5.41, 5.74) is 1.56. The van der Waals surface area contributed by atoms with Gasteiger partial charge in [-0.05, 0) is 61.7 Å². The number of carbonyl (C=O) groups is 2. The molecular formula is C31H36Cl2N2O4. The maximum absolute atomic E-state index is 13.7. The first-order valence-electron chi connectivity index (χ1n) is 13.2. The van der Waals surface area contributed by atoms with E-state index in [0.717, 1.165) is 17.7 Å². The fourth-order valence-corrected chi connectivity index (χ4v) is 4.59. The molecular weight excluding hydrogens is 535 g/mol. The smallest absolute Gasteiger partial charge is 0.243 e. The molecule has 0 radical (unpaired) electrons. The van der Waals surface area contributed by atoms with E-state index in [-0.39, 0.29) is 30.8 Å². The Morgan fingerprint density at radius 1 is 0.923 bits per heavy atom. The number of rotatable bonds is 14. The quantitative estimate of drug-likeness (QED) is 0.218. The van der Waals surface area contributed by atoms with Gasteiger partial charge < -0.3 is 19.7 Å². The van der Waals surface area contributed by atoms with E-state index in [1.807, 2.05) is 68.4 Å². The Morgan fingerprint density at radius 3 is 2.18 bits per heavy atom. The van der Waals surface area contributed by atoms with Crippen molar-refractivity contribution < 1.29 is 19.1 Å². The van der Waals surface area contributed by atoms with Crippen LogP contribution in [0.1, 0.15) is 44.2 Å². The molecule has 1 N–H and O–H groups in total. The van der Waals surface area contributed by atoms with Crippen LogP contribution in [0.3, 0.4) is 0 Å². The Labute approximate surface area is 241 Å². The lowest BCUT2D eigenvalue weighted by atomic mass is 10.0. The van der Waals surface area contributed by atoms with Crippen LogP contribution in [0.2, 0.25) is 10.0 Å². The summed E-state index contributed by atoms with van der Waals surface area (Å²) in [7, 11) is 1.61. The average molecular weight is 572 g/mol. The monoisotopic (exact) mass is 570 g/mol. The van der Waals surface area contributed by atoms with Gasteiger partial charge in [0.2, 0.25) is 11.8 Å². The first-order valence-corrected chi connectivity index (χ1v) is 13.9. The molecule has 208 valence electrons. The second-order valence-corrected chi connectivity index (χ2v) is 10.2.